The lowest BCUT2D eigenvalue weighted by Gasteiger charge is -2.29. The van der Waals surface area contributed by atoms with E-state index in [9.17, 15) is 4.21 Å². The van der Waals surface area contributed by atoms with Crippen molar-refractivity contribution < 1.29 is 4.21 Å². The lowest BCUT2D eigenvalue weighted by atomic mass is 9.91. The third-order valence-corrected chi connectivity index (χ3v) is 5.30. The molecule has 0 saturated carbocycles. The van der Waals surface area contributed by atoms with Crippen molar-refractivity contribution in [3.63, 3.8) is 0 Å². The summed E-state index contributed by atoms with van der Waals surface area (Å²) in [5.41, 5.74) is 2.67. The highest BCUT2D eigenvalue weighted by molar-refractivity contribution is 7.85. The van der Waals surface area contributed by atoms with E-state index in [1.807, 2.05) is 0 Å². The molecular weight excluding hydrogens is 228 g/mol. The molecule has 1 heterocycles. The normalized spacial score (nSPS) is 28.0. The maximum absolute atomic E-state index is 12.3. The minimum atomic E-state index is -0.739. The zero-order chi connectivity index (χ0) is 11.7. The molecule has 0 saturated heterocycles. The van der Waals surface area contributed by atoms with Crippen molar-refractivity contribution in [1.82, 2.24) is 0 Å². The first kappa shape index (κ1) is 11.0. The van der Waals surface area contributed by atoms with Gasteiger partial charge in [-0.15, -0.1) is 0 Å². The number of rotatable bonds is 1. The van der Waals surface area contributed by atoms with Gasteiger partial charge in [-0.3, -0.25) is 4.21 Å². The fourth-order valence-corrected chi connectivity index (χ4v) is 4.44. The molecule has 17 heavy (non-hydrogen) atoms. The highest BCUT2D eigenvalue weighted by Gasteiger charge is 2.30. The summed E-state index contributed by atoms with van der Waals surface area (Å²) in [6.07, 6.45) is 10.8. The Kier molecular flexibility index (Phi) is 2.98. The second kappa shape index (κ2) is 4.61. The van der Waals surface area contributed by atoms with Crippen molar-refractivity contribution in [2.75, 3.05) is 5.75 Å². The number of aryl methyl sites for hydroxylation is 1. The van der Waals surface area contributed by atoms with Gasteiger partial charge in [-0.1, -0.05) is 48.6 Å². The zero-order valence-electron chi connectivity index (χ0n) is 9.71. The fourth-order valence-electron chi connectivity index (χ4n) is 2.72. The number of benzene rings is 1. The van der Waals surface area contributed by atoms with Crippen LogP contribution in [0.25, 0.3) is 0 Å². The second-order valence-corrected chi connectivity index (χ2v) is 6.30. The SMILES string of the molecule is O=S1CCc2ccccc2C1C1C=CCC=C1. The summed E-state index contributed by atoms with van der Waals surface area (Å²) in [4.78, 5) is 0. The summed E-state index contributed by atoms with van der Waals surface area (Å²) in [5.74, 6) is 1.12. The van der Waals surface area contributed by atoms with Crippen LogP contribution in [0.3, 0.4) is 0 Å². The van der Waals surface area contributed by atoms with Gasteiger partial charge in [0.1, 0.15) is 0 Å². The summed E-state index contributed by atoms with van der Waals surface area (Å²) in [6, 6.07) is 8.46. The largest absolute Gasteiger partial charge is 0.259 e. The molecule has 0 amide bonds. The Morgan fingerprint density at radius 1 is 1.12 bits per heavy atom. The molecule has 1 aromatic carbocycles. The van der Waals surface area contributed by atoms with Crippen molar-refractivity contribution in [2.45, 2.75) is 18.1 Å². The van der Waals surface area contributed by atoms with Gasteiger partial charge in [0.15, 0.2) is 0 Å². The number of allylic oxidation sites excluding steroid dienone is 4. The van der Waals surface area contributed by atoms with E-state index in [2.05, 4.69) is 48.6 Å². The molecule has 0 aromatic heterocycles. The van der Waals surface area contributed by atoms with Crippen molar-refractivity contribution in [3.8, 4) is 0 Å². The van der Waals surface area contributed by atoms with Gasteiger partial charge < -0.3 is 0 Å². The molecule has 2 atom stereocenters. The topological polar surface area (TPSA) is 17.1 Å². The average Bonchev–Trinajstić information content (AvgIpc) is 2.39. The predicted octanol–water partition coefficient (Wildman–Crippen LogP) is 3.16. The van der Waals surface area contributed by atoms with Gasteiger partial charge in [-0.25, -0.2) is 0 Å². The summed E-state index contributed by atoms with van der Waals surface area (Å²) in [5, 5.41) is 0.160. The number of hydrogen-bond donors (Lipinski definition) is 0. The molecular formula is C15H16OS. The lowest BCUT2D eigenvalue weighted by Crippen LogP contribution is -2.24. The average molecular weight is 244 g/mol. The minimum absolute atomic E-state index is 0.160. The first-order valence-electron chi connectivity index (χ1n) is 6.14. The predicted molar refractivity (Wildman–Crippen MR) is 72.3 cm³/mol. The number of fused-ring (bicyclic) bond motifs is 1. The van der Waals surface area contributed by atoms with Crippen LogP contribution in [0.15, 0.2) is 48.6 Å². The molecule has 2 heteroatoms. The molecule has 0 N–H and O–H groups in total. The van der Waals surface area contributed by atoms with Gasteiger partial charge in [0.05, 0.1) is 5.25 Å². The standard InChI is InChI=1S/C15H16OS/c16-17-11-10-12-6-4-5-9-14(12)15(17)13-7-2-1-3-8-13/h2-9,13,15H,1,10-11H2. The van der Waals surface area contributed by atoms with E-state index in [0.29, 0.717) is 5.92 Å². The van der Waals surface area contributed by atoms with E-state index < -0.39 is 10.8 Å². The molecule has 0 bridgehead atoms. The van der Waals surface area contributed by atoms with Gasteiger partial charge in [-0.05, 0) is 24.0 Å². The Balaban J connectivity index is 2.03. The van der Waals surface area contributed by atoms with Crippen molar-refractivity contribution >= 4 is 10.8 Å². The summed E-state index contributed by atoms with van der Waals surface area (Å²) < 4.78 is 12.3. The molecule has 1 aromatic rings. The van der Waals surface area contributed by atoms with Crippen LogP contribution in [0.5, 0.6) is 0 Å². The second-order valence-electron chi connectivity index (χ2n) is 4.62. The highest BCUT2D eigenvalue weighted by Crippen LogP contribution is 2.37. The van der Waals surface area contributed by atoms with E-state index in [-0.39, 0.29) is 5.25 Å². The maximum atomic E-state index is 12.3. The Bertz CT molecular complexity index is 489. The molecule has 1 aliphatic heterocycles. The summed E-state index contributed by atoms with van der Waals surface area (Å²) in [7, 11) is -0.739. The smallest absolute Gasteiger partial charge is 0.0697 e. The van der Waals surface area contributed by atoms with Crippen LogP contribution in [-0.4, -0.2) is 9.96 Å². The first-order chi connectivity index (χ1) is 8.36. The van der Waals surface area contributed by atoms with Crippen LogP contribution in [-0.2, 0) is 17.2 Å². The minimum Gasteiger partial charge on any atom is -0.259 e. The van der Waals surface area contributed by atoms with Crippen molar-refractivity contribution in [2.24, 2.45) is 5.92 Å². The Hall–Kier alpha value is -1.15. The Morgan fingerprint density at radius 2 is 1.88 bits per heavy atom. The van der Waals surface area contributed by atoms with Crippen LogP contribution in [0.1, 0.15) is 22.8 Å². The molecule has 0 fully saturated rings. The lowest BCUT2D eigenvalue weighted by molar-refractivity contribution is 0.645. The van der Waals surface area contributed by atoms with Crippen LogP contribution in [0.2, 0.25) is 0 Å². The van der Waals surface area contributed by atoms with Gasteiger partial charge in [0, 0.05) is 22.5 Å². The summed E-state index contributed by atoms with van der Waals surface area (Å²) in [6.45, 7) is 0. The highest BCUT2D eigenvalue weighted by atomic mass is 32.2. The van der Waals surface area contributed by atoms with Gasteiger partial charge in [0.25, 0.3) is 0 Å². The van der Waals surface area contributed by atoms with Crippen LogP contribution in [0.4, 0.5) is 0 Å². The number of hydrogen-bond acceptors (Lipinski definition) is 1. The van der Waals surface area contributed by atoms with Crippen molar-refractivity contribution in [3.05, 3.63) is 59.7 Å². The van der Waals surface area contributed by atoms with Gasteiger partial charge in [-0.2, -0.15) is 0 Å². The van der Waals surface area contributed by atoms with Crippen LogP contribution < -0.4 is 0 Å². The Morgan fingerprint density at radius 3 is 2.71 bits per heavy atom. The van der Waals surface area contributed by atoms with E-state index in [1.165, 1.54) is 11.1 Å². The molecule has 0 radical (unpaired) electrons. The van der Waals surface area contributed by atoms with Crippen LogP contribution in [0, 0.1) is 5.92 Å². The first-order valence-corrected chi connectivity index (χ1v) is 7.53. The van der Waals surface area contributed by atoms with Crippen LogP contribution >= 0.6 is 0 Å². The molecule has 1 nitrogen and oxygen atoms in total. The molecule has 1 aliphatic carbocycles. The van der Waals surface area contributed by atoms with Gasteiger partial charge in [0.2, 0.25) is 0 Å². The van der Waals surface area contributed by atoms with Crippen molar-refractivity contribution in [1.29, 1.82) is 0 Å². The molecule has 2 unspecified atom stereocenters. The fraction of sp³-hybridized carbons (Fsp3) is 0.333. The zero-order valence-corrected chi connectivity index (χ0v) is 10.5. The summed E-state index contributed by atoms with van der Waals surface area (Å²) >= 11 is 0. The monoisotopic (exact) mass is 244 g/mol. The quantitative estimate of drug-likeness (QED) is 0.694. The molecule has 0 spiro atoms. The molecule has 88 valence electrons. The maximum Gasteiger partial charge on any atom is 0.0697 e. The van der Waals surface area contributed by atoms with Gasteiger partial charge >= 0.3 is 0 Å². The van der Waals surface area contributed by atoms with E-state index in [1.54, 1.807) is 0 Å². The third-order valence-electron chi connectivity index (χ3n) is 3.56. The molecule has 2 aliphatic rings. The van der Waals surface area contributed by atoms with E-state index in [4.69, 9.17) is 0 Å². The Labute approximate surface area is 105 Å². The van der Waals surface area contributed by atoms with E-state index in [0.717, 1.165) is 18.6 Å². The molecule has 3 rings (SSSR count). The van der Waals surface area contributed by atoms with E-state index >= 15 is 0 Å². The third kappa shape index (κ3) is 2.02.